The monoisotopic (exact) mass is 302 g/mol. The molecule has 1 aliphatic rings. The highest BCUT2D eigenvalue weighted by Crippen LogP contribution is 2.14. The average molecular weight is 302 g/mol. The maximum absolute atomic E-state index is 12.3. The van der Waals surface area contributed by atoms with Crippen molar-refractivity contribution in [3.63, 3.8) is 0 Å². The van der Waals surface area contributed by atoms with Crippen molar-refractivity contribution in [3.8, 4) is 0 Å². The van der Waals surface area contributed by atoms with Crippen molar-refractivity contribution in [1.82, 2.24) is 14.9 Å². The van der Waals surface area contributed by atoms with Crippen molar-refractivity contribution in [2.75, 3.05) is 31.1 Å². The Balaban J connectivity index is 1.54. The average Bonchev–Trinajstić information content (AvgIpc) is 2.93. The van der Waals surface area contributed by atoms with Crippen LogP contribution in [0.15, 0.2) is 29.8 Å². The van der Waals surface area contributed by atoms with Gasteiger partial charge in [-0.2, -0.15) is 0 Å². The van der Waals surface area contributed by atoms with Crippen molar-refractivity contribution in [3.05, 3.63) is 40.5 Å². The number of amides is 1. The molecular weight excluding hydrogens is 284 g/mol. The lowest BCUT2D eigenvalue weighted by Gasteiger charge is -2.35. The first-order chi connectivity index (χ1) is 10.2. The minimum Gasteiger partial charge on any atom is -0.353 e. The van der Waals surface area contributed by atoms with Crippen molar-refractivity contribution >= 4 is 23.1 Å². The van der Waals surface area contributed by atoms with Crippen LogP contribution in [0.2, 0.25) is 0 Å². The molecule has 5 nitrogen and oxygen atoms in total. The Morgan fingerprint density at radius 3 is 2.71 bits per heavy atom. The zero-order valence-corrected chi connectivity index (χ0v) is 12.8. The summed E-state index contributed by atoms with van der Waals surface area (Å²) in [6.07, 6.45) is 2.21. The van der Waals surface area contributed by atoms with Gasteiger partial charge in [0.05, 0.1) is 17.1 Å². The smallest absolute Gasteiger partial charge is 0.228 e. The number of nitrogens with zero attached hydrogens (tertiary/aromatic N) is 4. The minimum atomic E-state index is 0.168. The Morgan fingerprint density at radius 2 is 2.10 bits per heavy atom. The number of aryl methyl sites for hydroxylation is 1. The summed E-state index contributed by atoms with van der Waals surface area (Å²) in [6, 6.07) is 5.92. The molecule has 0 spiro atoms. The summed E-state index contributed by atoms with van der Waals surface area (Å²) in [6.45, 7) is 5.12. The van der Waals surface area contributed by atoms with Crippen molar-refractivity contribution in [2.45, 2.75) is 13.3 Å². The molecule has 3 rings (SSSR count). The van der Waals surface area contributed by atoms with Gasteiger partial charge in [0.15, 0.2) is 0 Å². The predicted molar refractivity (Wildman–Crippen MR) is 83.6 cm³/mol. The van der Waals surface area contributed by atoms with Crippen LogP contribution >= 0.6 is 11.3 Å². The van der Waals surface area contributed by atoms with Gasteiger partial charge in [-0.15, -0.1) is 11.3 Å². The van der Waals surface area contributed by atoms with Gasteiger partial charge in [0, 0.05) is 37.8 Å². The van der Waals surface area contributed by atoms with E-state index >= 15 is 0 Å². The summed E-state index contributed by atoms with van der Waals surface area (Å²) in [4.78, 5) is 25.1. The third kappa shape index (κ3) is 3.39. The predicted octanol–water partition coefficient (Wildman–Crippen LogP) is 1.74. The standard InChI is InChI=1S/C15H18N4OS/c1-12-17-13(11-21-12)10-15(20)19-8-6-18(7-9-19)14-4-2-3-5-16-14/h2-5,11H,6-10H2,1H3. The van der Waals surface area contributed by atoms with Crippen LogP contribution in [-0.2, 0) is 11.2 Å². The first kappa shape index (κ1) is 14.0. The quantitative estimate of drug-likeness (QED) is 0.866. The summed E-state index contributed by atoms with van der Waals surface area (Å²) in [5, 5.41) is 2.98. The Bertz CT molecular complexity index is 605. The maximum atomic E-state index is 12.3. The molecule has 0 unspecified atom stereocenters. The highest BCUT2D eigenvalue weighted by atomic mass is 32.1. The highest BCUT2D eigenvalue weighted by Gasteiger charge is 2.22. The first-order valence-corrected chi connectivity index (χ1v) is 7.95. The van der Waals surface area contributed by atoms with Crippen LogP contribution < -0.4 is 4.90 Å². The van der Waals surface area contributed by atoms with Gasteiger partial charge in [-0.1, -0.05) is 6.07 Å². The van der Waals surface area contributed by atoms with Crippen molar-refractivity contribution < 1.29 is 4.79 Å². The molecule has 0 aromatic carbocycles. The summed E-state index contributed by atoms with van der Waals surface area (Å²) in [5.41, 5.74) is 0.884. The molecule has 21 heavy (non-hydrogen) atoms. The number of hydrogen-bond donors (Lipinski definition) is 0. The Morgan fingerprint density at radius 1 is 1.29 bits per heavy atom. The van der Waals surface area contributed by atoms with Crippen LogP contribution in [0.1, 0.15) is 10.7 Å². The van der Waals surface area contributed by atoms with E-state index in [0.29, 0.717) is 6.42 Å². The number of rotatable bonds is 3. The molecule has 2 aromatic heterocycles. The Kier molecular flexibility index (Phi) is 4.15. The van der Waals surface area contributed by atoms with Gasteiger partial charge in [-0.25, -0.2) is 9.97 Å². The second kappa shape index (κ2) is 6.22. The normalized spacial score (nSPS) is 15.3. The maximum Gasteiger partial charge on any atom is 0.228 e. The van der Waals surface area contributed by atoms with E-state index in [1.54, 1.807) is 17.5 Å². The Hall–Kier alpha value is -1.95. The van der Waals surface area contributed by atoms with Crippen LogP contribution in [0, 0.1) is 6.92 Å². The number of hydrogen-bond acceptors (Lipinski definition) is 5. The third-order valence-corrected chi connectivity index (χ3v) is 4.43. The lowest BCUT2D eigenvalue weighted by molar-refractivity contribution is -0.130. The van der Waals surface area contributed by atoms with Gasteiger partial charge in [-0.05, 0) is 19.1 Å². The van der Waals surface area contributed by atoms with E-state index in [2.05, 4.69) is 14.9 Å². The van der Waals surface area contributed by atoms with Gasteiger partial charge >= 0.3 is 0 Å². The first-order valence-electron chi connectivity index (χ1n) is 7.07. The van der Waals surface area contributed by atoms with Crippen LogP contribution in [0.5, 0.6) is 0 Å². The summed E-state index contributed by atoms with van der Waals surface area (Å²) in [7, 11) is 0. The number of carbonyl (C=O) groups is 1. The van der Waals surface area contributed by atoms with E-state index < -0.39 is 0 Å². The largest absolute Gasteiger partial charge is 0.353 e. The van der Waals surface area contributed by atoms with Gasteiger partial charge in [0.2, 0.25) is 5.91 Å². The molecule has 0 N–H and O–H groups in total. The molecule has 0 aliphatic carbocycles. The lowest BCUT2D eigenvalue weighted by Crippen LogP contribution is -2.49. The molecule has 3 heterocycles. The molecule has 1 aliphatic heterocycles. The number of piperazine rings is 1. The topological polar surface area (TPSA) is 49.3 Å². The molecule has 1 amide bonds. The molecule has 0 atom stereocenters. The van der Waals surface area contributed by atoms with Crippen LogP contribution in [0.4, 0.5) is 5.82 Å². The second-order valence-corrected chi connectivity index (χ2v) is 6.15. The highest BCUT2D eigenvalue weighted by molar-refractivity contribution is 7.09. The fraction of sp³-hybridized carbons (Fsp3) is 0.400. The number of pyridine rings is 1. The summed E-state index contributed by atoms with van der Waals surface area (Å²) < 4.78 is 0. The Labute approximate surface area is 128 Å². The SMILES string of the molecule is Cc1nc(CC(=O)N2CCN(c3ccccn3)CC2)cs1. The molecule has 0 bridgehead atoms. The van der Waals surface area contributed by atoms with E-state index in [4.69, 9.17) is 0 Å². The third-order valence-electron chi connectivity index (χ3n) is 3.60. The minimum absolute atomic E-state index is 0.168. The molecule has 0 saturated carbocycles. The van der Waals surface area contributed by atoms with Crippen LogP contribution in [-0.4, -0.2) is 47.0 Å². The molecule has 6 heteroatoms. The molecule has 2 aromatic rings. The lowest BCUT2D eigenvalue weighted by atomic mass is 10.2. The van der Waals surface area contributed by atoms with E-state index in [1.165, 1.54) is 0 Å². The summed E-state index contributed by atoms with van der Waals surface area (Å²) >= 11 is 1.59. The van der Waals surface area contributed by atoms with Crippen LogP contribution in [0.3, 0.4) is 0 Å². The van der Waals surface area contributed by atoms with E-state index in [-0.39, 0.29) is 5.91 Å². The molecule has 110 valence electrons. The van der Waals surface area contributed by atoms with Crippen molar-refractivity contribution in [2.24, 2.45) is 0 Å². The summed E-state index contributed by atoms with van der Waals surface area (Å²) in [5.74, 6) is 1.15. The fourth-order valence-corrected chi connectivity index (χ4v) is 3.09. The zero-order chi connectivity index (χ0) is 14.7. The number of anilines is 1. The molecule has 1 saturated heterocycles. The van der Waals surface area contributed by atoms with Crippen molar-refractivity contribution in [1.29, 1.82) is 0 Å². The second-order valence-electron chi connectivity index (χ2n) is 5.09. The fourth-order valence-electron chi connectivity index (χ4n) is 2.48. The molecule has 1 fully saturated rings. The van der Waals surface area contributed by atoms with Gasteiger partial charge in [-0.3, -0.25) is 4.79 Å². The van der Waals surface area contributed by atoms with E-state index in [9.17, 15) is 4.79 Å². The number of carbonyl (C=O) groups excluding carboxylic acids is 1. The molecular formula is C15H18N4OS. The van der Waals surface area contributed by atoms with Gasteiger partial charge in [0.25, 0.3) is 0 Å². The molecule has 0 radical (unpaired) electrons. The number of aromatic nitrogens is 2. The zero-order valence-electron chi connectivity index (χ0n) is 12.0. The van der Waals surface area contributed by atoms with Crippen LogP contribution in [0.25, 0.3) is 0 Å². The van der Waals surface area contributed by atoms with Gasteiger partial charge < -0.3 is 9.80 Å². The van der Waals surface area contributed by atoms with E-state index in [1.807, 2.05) is 35.4 Å². The van der Waals surface area contributed by atoms with E-state index in [0.717, 1.165) is 42.7 Å². The van der Waals surface area contributed by atoms with Gasteiger partial charge in [0.1, 0.15) is 5.82 Å². The number of thiazole rings is 1.